The van der Waals surface area contributed by atoms with E-state index in [4.69, 9.17) is 18.7 Å². The summed E-state index contributed by atoms with van der Waals surface area (Å²) in [6.45, 7) is 23.5. The van der Waals surface area contributed by atoms with Crippen molar-refractivity contribution in [2.45, 2.75) is 71.1 Å². The molecular weight excluding hydrogens is 432 g/mol. The summed E-state index contributed by atoms with van der Waals surface area (Å²) in [5, 5.41) is 7.72. The monoisotopic (exact) mass is 478 g/mol. The van der Waals surface area contributed by atoms with Gasteiger partial charge in [-0.05, 0) is 45.2 Å². The van der Waals surface area contributed by atoms with Crippen molar-refractivity contribution in [2.75, 3.05) is 19.8 Å². The van der Waals surface area contributed by atoms with Crippen LogP contribution in [0.5, 0.6) is 0 Å². The number of hydrogen-bond donors (Lipinski definition) is 1. The van der Waals surface area contributed by atoms with E-state index in [9.17, 15) is 4.79 Å². The summed E-state index contributed by atoms with van der Waals surface area (Å²) in [6.07, 6.45) is 7.81. The number of carboxylic acids is 1. The molecular formula is C27H46O5Si. The third kappa shape index (κ3) is 12.2. The van der Waals surface area contributed by atoms with Gasteiger partial charge >= 0.3 is 14.5 Å². The molecule has 1 aromatic carbocycles. The third-order valence-electron chi connectivity index (χ3n) is 5.13. The zero-order chi connectivity index (χ0) is 25.6. The Morgan fingerprint density at radius 2 is 1.61 bits per heavy atom. The molecule has 33 heavy (non-hydrogen) atoms. The van der Waals surface area contributed by atoms with Crippen LogP contribution in [0.2, 0.25) is 6.04 Å². The Labute approximate surface area is 203 Å². The highest BCUT2D eigenvalue weighted by molar-refractivity contribution is 6.70. The SMILES string of the molecule is C=C.C=CCC(=O)O.C=Cc1ccccc1.CCOC1(CC)CCCC[Si]1(OCC)OCC. The van der Waals surface area contributed by atoms with Crippen LogP contribution in [-0.2, 0) is 18.4 Å². The van der Waals surface area contributed by atoms with Crippen molar-refractivity contribution in [3.63, 3.8) is 0 Å². The molecule has 0 spiro atoms. The summed E-state index contributed by atoms with van der Waals surface area (Å²) in [7, 11) is -2.21. The van der Waals surface area contributed by atoms with Gasteiger partial charge < -0.3 is 18.7 Å². The number of carbonyl (C=O) groups is 1. The molecule has 1 atom stereocenters. The first-order chi connectivity index (χ1) is 15.9. The van der Waals surface area contributed by atoms with Crippen LogP contribution >= 0.6 is 0 Å². The highest BCUT2D eigenvalue weighted by Gasteiger charge is 2.58. The summed E-state index contributed by atoms with van der Waals surface area (Å²) < 4.78 is 18.5. The molecule has 1 unspecified atom stereocenters. The van der Waals surface area contributed by atoms with Gasteiger partial charge in [0.1, 0.15) is 5.22 Å². The van der Waals surface area contributed by atoms with E-state index in [1.807, 2.05) is 36.4 Å². The van der Waals surface area contributed by atoms with E-state index in [1.54, 1.807) is 0 Å². The molecule has 0 aliphatic carbocycles. The Morgan fingerprint density at radius 3 is 1.94 bits per heavy atom. The number of rotatable bonds is 10. The summed E-state index contributed by atoms with van der Waals surface area (Å²) in [6, 6.07) is 11.1. The molecule has 6 heteroatoms. The molecule has 188 valence electrons. The molecule has 1 aliphatic heterocycles. The predicted octanol–water partition coefficient (Wildman–Crippen LogP) is 7.19. The van der Waals surface area contributed by atoms with Gasteiger partial charge in [-0.1, -0.05) is 68.8 Å². The fraction of sp³-hybridized carbons (Fsp3) is 0.519. The lowest BCUT2D eigenvalue weighted by Gasteiger charge is -2.49. The van der Waals surface area contributed by atoms with Crippen molar-refractivity contribution in [3.05, 3.63) is 68.3 Å². The van der Waals surface area contributed by atoms with Crippen LogP contribution in [0.25, 0.3) is 6.08 Å². The van der Waals surface area contributed by atoms with Crippen LogP contribution < -0.4 is 0 Å². The van der Waals surface area contributed by atoms with Gasteiger partial charge in [0.2, 0.25) is 0 Å². The smallest absolute Gasteiger partial charge is 0.371 e. The number of ether oxygens (including phenoxy) is 1. The second-order valence-electron chi connectivity index (χ2n) is 7.11. The number of carboxylic acid groups (broad SMARTS) is 1. The minimum absolute atomic E-state index is 0.0556. The van der Waals surface area contributed by atoms with E-state index in [0.29, 0.717) is 0 Å². The maximum Gasteiger partial charge on any atom is 0.371 e. The molecule has 0 saturated carbocycles. The highest BCUT2D eigenvalue weighted by Crippen LogP contribution is 2.42. The quantitative estimate of drug-likeness (QED) is 0.285. The molecule has 1 N–H and O–H groups in total. The predicted molar refractivity (Wildman–Crippen MR) is 143 cm³/mol. The van der Waals surface area contributed by atoms with Gasteiger partial charge in [0.15, 0.2) is 0 Å². The van der Waals surface area contributed by atoms with Gasteiger partial charge in [-0.2, -0.15) is 0 Å². The van der Waals surface area contributed by atoms with Crippen molar-refractivity contribution in [1.82, 2.24) is 0 Å². The molecule has 0 aromatic heterocycles. The first-order valence-electron chi connectivity index (χ1n) is 11.8. The second kappa shape index (κ2) is 20.6. The summed E-state index contributed by atoms with van der Waals surface area (Å²) >= 11 is 0. The lowest BCUT2D eigenvalue weighted by Crippen LogP contribution is -2.65. The largest absolute Gasteiger partial charge is 0.481 e. The minimum atomic E-state index is -2.21. The summed E-state index contributed by atoms with van der Waals surface area (Å²) in [4.78, 5) is 9.53. The Hall–Kier alpha value is -1.99. The topological polar surface area (TPSA) is 65.0 Å². The van der Waals surface area contributed by atoms with Gasteiger partial charge in [-0.25, -0.2) is 0 Å². The van der Waals surface area contributed by atoms with Gasteiger partial charge in [-0.3, -0.25) is 4.79 Å². The normalized spacial score (nSPS) is 18.1. The molecule has 2 rings (SSSR count). The average Bonchev–Trinajstić information content (AvgIpc) is 2.83. The molecule has 1 aliphatic rings. The first-order valence-corrected chi connectivity index (χ1v) is 13.8. The Morgan fingerprint density at radius 1 is 1.03 bits per heavy atom. The lowest BCUT2D eigenvalue weighted by atomic mass is 10.1. The van der Waals surface area contributed by atoms with Gasteiger partial charge in [0.25, 0.3) is 0 Å². The molecule has 1 heterocycles. The molecule has 0 radical (unpaired) electrons. The van der Waals surface area contributed by atoms with Crippen LogP contribution in [0.15, 0.2) is 62.7 Å². The zero-order valence-electron chi connectivity index (χ0n) is 21.3. The van der Waals surface area contributed by atoms with Crippen molar-refractivity contribution < 1.29 is 23.5 Å². The van der Waals surface area contributed by atoms with Crippen LogP contribution in [0.3, 0.4) is 0 Å². The minimum Gasteiger partial charge on any atom is -0.481 e. The molecule has 5 nitrogen and oxygen atoms in total. The van der Waals surface area contributed by atoms with Crippen LogP contribution in [0, 0.1) is 0 Å². The molecule has 0 bridgehead atoms. The second-order valence-corrected chi connectivity index (χ2v) is 10.6. The van der Waals surface area contributed by atoms with Crippen LogP contribution in [0.1, 0.15) is 65.4 Å². The molecule has 1 saturated heterocycles. The van der Waals surface area contributed by atoms with Crippen LogP contribution in [0.4, 0.5) is 0 Å². The average molecular weight is 479 g/mol. The van der Waals surface area contributed by atoms with Crippen molar-refractivity contribution in [1.29, 1.82) is 0 Å². The number of hydrogen-bond acceptors (Lipinski definition) is 4. The van der Waals surface area contributed by atoms with Crippen LogP contribution in [-0.4, -0.2) is 44.7 Å². The lowest BCUT2D eigenvalue weighted by molar-refractivity contribution is -0.135. The Bertz CT molecular complexity index is 619. The Kier molecular flexibility index (Phi) is 20.7. The molecule has 1 aromatic rings. The standard InChI is InChI=1S/C13H28O3Si.C8H8.C4H6O2.C2H4/c1-5-13(14-6-2)11-9-10-12-17(13,15-7-3)16-8-4;1-2-8-6-4-3-5-7-8;1-2-3-4(5)6;1-2/h5-12H2,1-4H3;2-7H,1H2;2H,1,3H2,(H,5,6);1-2H2. The van der Waals surface area contributed by atoms with Gasteiger partial charge in [0.05, 0.1) is 6.42 Å². The van der Waals surface area contributed by atoms with Crippen molar-refractivity contribution in [3.8, 4) is 0 Å². The first kappa shape index (κ1) is 33.2. The van der Waals surface area contributed by atoms with Gasteiger partial charge in [0, 0.05) is 19.8 Å². The fourth-order valence-electron chi connectivity index (χ4n) is 3.82. The maximum atomic E-state index is 9.53. The summed E-state index contributed by atoms with van der Waals surface area (Å²) in [5.41, 5.74) is 1.17. The van der Waals surface area contributed by atoms with E-state index in [1.165, 1.54) is 24.5 Å². The molecule has 0 amide bonds. The summed E-state index contributed by atoms with van der Waals surface area (Å²) in [5.74, 6) is -0.829. The maximum absolute atomic E-state index is 9.53. The number of aliphatic carboxylic acids is 1. The molecule has 1 fully saturated rings. The van der Waals surface area contributed by atoms with E-state index in [-0.39, 0.29) is 11.6 Å². The Balaban J connectivity index is 0. The van der Waals surface area contributed by atoms with E-state index in [0.717, 1.165) is 38.7 Å². The van der Waals surface area contributed by atoms with E-state index in [2.05, 4.69) is 54.0 Å². The third-order valence-corrected chi connectivity index (χ3v) is 9.79. The van der Waals surface area contributed by atoms with Crippen molar-refractivity contribution in [2.24, 2.45) is 0 Å². The zero-order valence-corrected chi connectivity index (χ0v) is 22.3. The number of benzene rings is 1. The fourth-order valence-corrected chi connectivity index (χ4v) is 8.28. The van der Waals surface area contributed by atoms with E-state index < -0.39 is 14.5 Å². The van der Waals surface area contributed by atoms with E-state index >= 15 is 0 Å². The van der Waals surface area contributed by atoms with Gasteiger partial charge in [-0.15, -0.1) is 19.7 Å². The van der Waals surface area contributed by atoms with Crippen molar-refractivity contribution >= 4 is 20.6 Å². The highest BCUT2D eigenvalue weighted by atomic mass is 28.4.